The van der Waals surface area contributed by atoms with Gasteiger partial charge in [0.15, 0.2) is 0 Å². The number of rotatable bonds is 5. The lowest BCUT2D eigenvalue weighted by Gasteiger charge is -2.46. The second kappa shape index (κ2) is 14.6. The van der Waals surface area contributed by atoms with E-state index in [0.717, 1.165) is 29.1 Å². The van der Waals surface area contributed by atoms with Crippen LogP contribution in [0.2, 0.25) is 0 Å². The van der Waals surface area contributed by atoms with Gasteiger partial charge in [0.1, 0.15) is 0 Å². The molecule has 0 aromatic heterocycles. The van der Waals surface area contributed by atoms with E-state index in [9.17, 15) is 44.3 Å². The molecular weight excluding hydrogens is 670 g/mol. The Morgan fingerprint density at radius 3 is 2.08 bits per heavy atom. The molecule has 0 saturated carbocycles. The molecule has 3 heterocycles. The fraction of sp³-hybridized carbons (Fsp3) is 0.548. The van der Waals surface area contributed by atoms with E-state index < -0.39 is 52.2 Å². The summed E-state index contributed by atoms with van der Waals surface area (Å²) < 4.78 is 112. The molecule has 17 heteroatoms. The molecule has 48 heavy (non-hydrogen) atoms. The number of urea groups is 1. The predicted octanol–water partition coefficient (Wildman–Crippen LogP) is 4.69. The van der Waals surface area contributed by atoms with Crippen molar-refractivity contribution in [3.63, 3.8) is 0 Å². The molecule has 3 aliphatic rings. The monoisotopic (exact) mass is 708 g/mol. The summed E-state index contributed by atoms with van der Waals surface area (Å²) in [6.07, 6.45) is -8.74. The molecule has 266 valence electrons. The van der Waals surface area contributed by atoms with Crippen LogP contribution in [-0.4, -0.2) is 110 Å². The van der Waals surface area contributed by atoms with Crippen LogP contribution in [0.5, 0.6) is 0 Å². The van der Waals surface area contributed by atoms with Crippen LogP contribution < -0.4 is 0 Å². The third-order valence-electron chi connectivity index (χ3n) is 8.57. The molecule has 3 unspecified atom stereocenters. The zero-order valence-corrected chi connectivity index (χ0v) is 27.4. The summed E-state index contributed by atoms with van der Waals surface area (Å²) in [5.41, 5.74) is -1.39. The quantitative estimate of drug-likeness (QED) is 0.355. The molecule has 0 bridgehead atoms. The van der Waals surface area contributed by atoms with Gasteiger partial charge in [-0.25, -0.2) is 4.79 Å². The van der Waals surface area contributed by atoms with E-state index in [1.54, 1.807) is 4.90 Å². The number of fused-ring (bicyclic) bond motifs is 1. The number of benzene rings is 2. The van der Waals surface area contributed by atoms with Gasteiger partial charge in [0.25, 0.3) is 10.1 Å². The van der Waals surface area contributed by atoms with Crippen LogP contribution in [0.15, 0.2) is 42.5 Å². The number of hydrogen-bond acceptors (Lipinski definition) is 6. The van der Waals surface area contributed by atoms with E-state index in [-0.39, 0.29) is 42.6 Å². The zero-order valence-electron chi connectivity index (χ0n) is 26.6. The van der Waals surface area contributed by atoms with Gasteiger partial charge in [0.2, 0.25) is 5.91 Å². The number of alkyl halides is 6. The van der Waals surface area contributed by atoms with Gasteiger partial charge < -0.3 is 19.4 Å². The van der Waals surface area contributed by atoms with Crippen LogP contribution >= 0.6 is 0 Å². The molecule has 0 aliphatic carbocycles. The maximum Gasteiger partial charge on any atom is 0.416 e. The van der Waals surface area contributed by atoms with E-state index in [4.69, 9.17) is 9.29 Å². The van der Waals surface area contributed by atoms with Crippen LogP contribution in [0.4, 0.5) is 31.1 Å². The third kappa shape index (κ3) is 9.39. The number of aryl methyl sites for hydroxylation is 1. The topological polar surface area (TPSA) is 111 Å². The van der Waals surface area contributed by atoms with Crippen molar-refractivity contribution in [3.05, 3.63) is 70.3 Å². The number of halogens is 6. The summed E-state index contributed by atoms with van der Waals surface area (Å²) in [5, 5.41) is 0. The summed E-state index contributed by atoms with van der Waals surface area (Å²) in [6, 6.07) is 7.47. The summed E-state index contributed by atoms with van der Waals surface area (Å²) in [7, 11) is -2.31. The molecule has 0 radical (unpaired) electrons. The number of nitrogens with zero attached hydrogens (tertiary/aromatic N) is 4. The first kappa shape index (κ1) is 37.4. The van der Waals surface area contributed by atoms with Crippen molar-refractivity contribution in [2.24, 2.45) is 5.92 Å². The molecule has 3 fully saturated rings. The summed E-state index contributed by atoms with van der Waals surface area (Å²) in [4.78, 5) is 34.2. The van der Waals surface area contributed by atoms with Gasteiger partial charge in [-0.1, -0.05) is 24.3 Å². The van der Waals surface area contributed by atoms with Crippen molar-refractivity contribution in [2.45, 2.75) is 44.3 Å². The Labute approximate surface area is 275 Å². The number of carbonyl (C=O) groups is 2. The number of amides is 3. The maximum atomic E-state index is 13.9. The highest BCUT2D eigenvalue weighted by Gasteiger charge is 2.50. The molecule has 10 nitrogen and oxygen atoms in total. The van der Waals surface area contributed by atoms with Gasteiger partial charge in [0, 0.05) is 46.3 Å². The summed E-state index contributed by atoms with van der Waals surface area (Å²) in [6.45, 7) is 5.15. The Morgan fingerprint density at radius 1 is 0.979 bits per heavy atom. The van der Waals surface area contributed by atoms with E-state index in [1.165, 1.54) is 7.05 Å². The predicted molar refractivity (Wildman–Crippen MR) is 162 cm³/mol. The van der Waals surface area contributed by atoms with E-state index >= 15 is 0 Å². The first-order valence-corrected chi connectivity index (χ1v) is 17.0. The molecule has 2 aromatic carbocycles. The highest BCUT2D eigenvalue weighted by Crippen LogP contribution is 2.42. The van der Waals surface area contributed by atoms with Crippen molar-refractivity contribution in [3.8, 4) is 0 Å². The minimum Gasteiger partial charge on any atom is -0.379 e. The fourth-order valence-corrected chi connectivity index (χ4v) is 6.48. The van der Waals surface area contributed by atoms with Crippen molar-refractivity contribution in [1.82, 2.24) is 19.6 Å². The maximum absolute atomic E-state index is 13.9. The zero-order chi connectivity index (χ0) is 35.6. The number of morpholine rings is 1. The summed E-state index contributed by atoms with van der Waals surface area (Å²) >= 11 is 0. The molecule has 0 spiro atoms. The number of piperazine rings is 1. The van der Waals surface area contributed by atoms with Gasteiger partial charge in [-0.05, 0) is 48.2 Å². The van der Waals surface area contributed by atoms with Gasteiger partial charge in [0.05, 0.1) is 48.6 Å². The van der Waals surface area contributed by atoms with Crippen LogP contribution in [0.25, 0.3) is 0 Å². The van der Waals surface area contributed by atoms with Gasteiger partial charge >= 0.3 is 18.4 Å². The second-order valence-electron chi connectivity index (χ2n) is 12.2. The number of hydrogen-bond donors (Lipinski definition) is 1. The Kier molecular flexibility index (Phi) is 11.4. The Morgan fingerprint density at radius 2 is 1.54 bits per heavy atom. The van der Waals surface area contributed by atoms with Crippen molar-refractivity contribution >= 4 is 22.1 Å². The lowest BCUT2D eigenvalue weighted by atomic mass is 9.89. The normalized spacial score (nSPS) is 22.2. The fourth-order valence-electron chi connectivity index (χ4n) is 6.48. The Bertz CT molecular complexity index is 1540. The highest BCUT2D eigenvalue weighted by atomic mass is 32.2. The van der Waals surface area contributed by atoms with E-state index in [1.807, 2.05) is 36.1 Å². The molecule has 3 amide bonds. The highest BCUT2D eigenvalue weighted by molar-refractivity contribution is 7.85. The molecule has 3 atom stereocenters. The third-order valence-corrected chi connectivity index (χ3v) is 8.57. The van der Waals surface area contributed by atoms with E-state index in [2.05, 4.69) is 4.90 Å². The number of ether oxygens (including phenoxy) is 1. The van der Waals surface area contributed by atoms with Crippen molar-refractivity contribution in [1.29, 1.82) is 0 Å². The van der Waals surface area contributed by atoms with Gasteiger partial charge in [-0.2, -0.15) is 34.8 Å². The second-order valence-corrected chi connectivity index (χ2v) is 13.7. The summed E-state index contributed by atoms with van der Waals surface area (Å²) in [5.74, 6) is -0.229. The molecule has 5 rings (SSSR count). The Hall–Kier alpha value is -3.41. The molecule has 1 N–H and O–H groups in total. The number of carbonyl (C=O) groups excluding carboxylic acids is 2. The minimum atomic E-state index is -4.99. The largest absolute Gasteiger partial charge is 0.416 e. The van der Waals surface area contributed by atoms with Gasteiger partial charge in [-0.3, -0.25) is 14.2 Å². The van der Waals surface area contributed by atoms with Crippen LogP contribution in [0, 0.1) is 12.8 Å². The first-order valence-electron chi connectivity index (χ1n) is 15.1. The van der Waals surface area contributed by atoms with Crippen molar-refractivity contribution < 1.29 is 53.6 Å². The first-order chi connectivity index (χ1) is 22.2. The minimum absolute atomic E-state index is 0.0270. The van der Waals surface area contributed by atoms with Crippen LogP contribution in [0.1, 0.15) is 40.3 Å². The molecule has 2 aromatic rings. The van der Waals surface area contributed by atoms with Crippen LogP contribution in [0.3, 0.4) is 0 Å². The smallest absolute Gasteiger partial charge is 0.379 e. The lowest BCUT2D eigenvalue weighted by Crippen LogP contribution is -2.57. The average molecular weight is 709 g/mol. The van der Waals surface area contributed by atoms with E-state index in [0.29, 0.717) is 44.6 Å². The lowest BCUT2D eigenvalue weighted by molar-refractivity contribution is -0.143. The SMILES string of the molecule is CS(=O)(=O)O.Cc1ccccc1C1C2CC(CN3CCOCC3)C(=O)N2CCN1C(=O)N(C)Cc1cc(C(F)(F)F)cc(C(F)(F)F)c1. The van der Waals surface area contributed by atoms with Crippen LogP contribution in [-0.2, 0) is 38.5 Å². The molecule has 3 saturated heterocycles. The van der Waals surface area contributed by atoms with Gasteiger partial charge in [-0.15, -0.1) is 0 Å². The Balaban J connectivity index is 0.000000968. The standard InChI is InChI=1S/C30H34F6N4O3.CH4O3S/c1-19-5-3-4-6-24(19)26-25-15-21(18-38-9-11-43-12-10-38)27(41)39(25)7-8-40(26)28(42)37(2)17-20-13-22(29(31,32)33)16-23(14-20)30(34,35)36;1-5(2,3)4/h3-6,13-14,16,21,25-26H,7-12,15,17-18H2,1-2H3;1H3,(H,2,3,4). The molecule has 3 aliphatic heterocycles. The molecular formula is C31H38F6N4O6S. The van der Waals surface area contributed by atoms with Crippen molar-refractivity contribution in [2.75, 3.05) is 59.2 Å². The average Bonchev–Trinajstić information content (AvgIpc) is 3.30.